The fourth-order valence-electron chi connectivity index (χ4n) is 8.70. The highest BCUT2D eigenvalue weighted by molar-refractivity contribution is 7.90. The van der Waals surface area contributed by atoms with Crippen LogP contribution >= 0.6 is 11.6 Å². The van der Waals surface area contributed by atoms with E-state index in [1.807, 2.05) is 31.2 Å². The molecule has 1 amide bonds. The number of nitrogens with one attached hydrogen (secondary N) is 1. The highest BCUT2D eigenvalue weighted by Gasteiger charge is 2.50. The molecule has 2 aliphatic carbocycles. The van der Waals surface area contributed by atoms with E-state index in [2.05, 4.69) is 26.7 Å². The number of methoxy groups -OCH3 is 1. The van der Waals surface area contributed by atoms with Gasteiger partial charge in [-0.05, 0) is 117 Å². The lowest BCUT2D eigenvalue weighted by Crippen LogP contribution is -2.53. The molecule has 270 valence electrons. The lowest BCUT2D eigenvalue weighted by Gasteiger charge is -2.50. The number of carbonyl (C=O) groups is 2. The van der Waals surface area contributed by atoms with E-state index in [0.717, 1.165) is 37.8 Å². The van der Waals surface area contributed by atoms with Crippen molar-refractivity contribution in [3.8, 4) is 5.75 Å². The van der Waals surface area contributed by atoms with Crippen LogP contribution in [0.3, 0.4) is 0 Å². The van der Waals surface area contributed by atoms with Crippen molar-refractivity contribution in [2.75, 3.05) is 31.7 Å². The number of amides is 1. The number of fused-ring (bicyclic) bond motifs is 4. The van der Waals surface area contributed by atoms with Crippen LogP contribution in [0.2, 0.25) is 5.02 Å². The third-order valence-corrected chi connectivity index (χ3v) is 14.1. The highest BCUT2D eigenvalue weighted by Crippen LogP contribution is 2.50. The number of rotatable bonds is 4. The minimum Gasteiger partial charge on any atom is -0.490 e. The average molecular weight is 732 g/mol. The van der Waals surface area contributed by atoms with Gasteiger partial charge < -0.3 is 14.4 Å². The Balaban J connectivity index is 1.33. The predicted octanol–water partition coefficient (Wildman–Crippen LogP) is 6.94. The number of ketones is 1. The number of Topliss-reactive ketones (excluding diaryl/α,β-unsaturated/α-hetero) is 1. The molecule has 7 rings (SSSR count). The van der Waals surface area contributed by atoms with Gasteiger partial charge in [0, 0.05) is 48.8 Å². The minimum absolute atomic E-state index is 0.00304. The van der Waals surface area contributed by atoms with Crippen molar-refractivity contribution < 1.29 is 27.5 Å². The molecule has 3 aromatic rings. The van der Waals surface area contributed by atoms with Gasteiger partial charge >= 0.3 is 0 Å². The fourth-order valence-corrected chi connectivity index (χ4v) is 10.2. The van der Waals surface area contributed by atoms with Gasteiger partial charge in [-0.15, -0.1) is 0 Å². The van der Waals surface area contributed by atoms with E-state index < -0.39 is 26.8 Å². The molecule has 4 aliphatic rings. The number of hydrogen-bond acceptors (Lipinski definition) is 8. The molecule has 2 aliphatic heterocycles. The molecule has 1 spiro atoms. The number of aryl methyl sites for hydroxylation is 1. The van der Waals surface area contributed by atoms with E-state index in [1.54, 1.807) is 50.6 Å². The summed E-state index contributed by atoms with van der Waals surface area (Å²) in [6, 6.07) is 16.7. The van der Waals surface area contributed by atoms with Crippen LogP contribution in [0.5, 0.6) is 5.75 Å². The van der Waals surface area contributed by atoms with Gasteiger partial charge in [0.2, 0.25) is 10.0 Å². The third kappa shape index (κ3) is 6.82. The van der Waals surface area contributed by atoms with E-state index >= 15 is 0 Å². The Hall–Kier alpha value is -3.73. The second-order valence-electron chi connectivity index (χ2n) is 15.0. The van der Waals surface area contributed by atoms with Crippen molar-refractivity contribution in [3.63, 3.8) is 0 Å². The van der Waals surface area contributed by atoms with Crippen LogP contribution in [0.4, 0.5) is 5.69 Å². The molecule has 51 heavy (non-hydrogen) atoms. The van der Waals surface area contributed by atoms with Gasteiger partial charge in [0.05, 0.1) is 23.1 Å². The highest BCUT2D eigenvalue weighted by atomic mass is 35.5. The molecule has 9 nitrogen and oxygen atoms in total. The first kappa shape index (κ1) is 35.7. The average Bonchev–Trinajstić information content (AvgIpc) is 3.25. The van der Waals surface area contributed by atoms with Gasteiger partial charge in [0.1, 0.15) is 11.4 Å². The molecule has 1 N–H and O–H groups in total. The van der Waals surface area contributed by atoms with Gasteiger partial charge in [-0.25, -0.2) is 13.1 Å². The molecule has 11 heteroatoms. The molecular weight excluding hydrogens is 686 g/mol. The van der Waals surface area contributed by atoms with Crippen LogP contribution in [-0.4, -0.2) is 62.7 Å². The van der Waals surface area contributed by atoms with Gasteiger partial charge in [-0.2, -0.15) is 0 Å². The van der Waals surface area contributed by atoms with Crippen molar-refractivity contribution in [2.45, 2.75) is 75.1 Å². The van der Waals surface area contributed by atoms with Gasteiger partial charge in [-0.1, -0.05) is 42.8 Å². The number of hydrogen-bond donors (Lipinski definition) is 1. The number of carbonyl (C=O) groups excluding carboxylic acids is 2. The number of benzene rings is 2. The molecule has 0 saturated heterocycles. The van der Waals surface area contributed by atoms with E-state index in [4.69, 9.17) is 21.1 Å². The van der Waals surface area contributed by atoms with Crippen LogP contribution in [0, 0.1) is 17.8 Å². The lowest BCUT2D eigenvalue weighted by atomic mass is 9.62. The van der Waals surface area contributed by atoms with E-state index in [0.29, 0.717) is 42.6 Å². The molecule has 3 heterocycles. The van der Waals surface area contributed by atoms with Crippen molar-refractivity contribution in [2.24, 2.45) is 17.8 Å². The molecule has 6 atom stereocenters. The Labute approximate surface area is 305 Å². The number of allylic oxidation sites excluding steroid dienone is 1. The molecule has 2 aromatic carbocycles. The summed E-state index contributed by atoms with van der Waals surface area (Å²) in [4.78, 5) is 34.0. The fraction of sp³-hybridized carbons (Fsp3) is 0.475. The van der Waals surface area contributed by atoms with Gasteiger partial charge in [-0.3, -0.25) is 14.6 Å². The number of halogens is 1. The summed E-state index contributed by atoms with van der Waals surface area (Å²) in [5, 5.41) is -0.146. The Morgan fingerprint density at radius 2 is 1.98 bits per heavy atom. The standard InChI is InChI=1S/C40H46ClN3O6S/c1-26-8-6-18-40(49-3,22-36(45)34-10-4-5-19-42-34)33-14-11-30(33)23-44-24-39(17-7-9-28-20-31(41)13-15-32(28)39)25-50-37-16-12-29(21-35(37)44)38(46)43-51(47,48)27(26)2/h4-6,10,12-13,15-16,18-21,26-27,30,33H,7-9,11,14,17,22-25H2,1-3H3,(H,43,46)/b18-6+/t26-,27+,30-,33+,39-,40+/m0/s1. The normalized spacial score (nSPS) is 30.8. The van der Waals surface area contributed by atoms with Crippen LogP contribution < -0.4 is 14.4 Å². The van der Waals surface area contributed by atoms with Gasteiger partial charge in [0.15, 0.2) is 5.78 Å². The maximum absolute atomic E-state index is 13.8. The molecule has 1 aromatic heterocycles. The summed E-state index contributed by atoms with van der Waals surface area (Å²) in [7, 11) is -2.35. The molecule has 1 saturated carbocycles. The number of pyridine rings is 1. The van der Waals surface area contributed by atoms with E-state index in [-0.39, 0.29) is 40.9 Å². The predicted molar refractivity (Wildman–Crippen MR) is 198 cm³/mol. The number of nitrogens with zero attached hydrogens (tertiary/aromatic N) is 2. The maximum atomic E-state index is 13.8. The van der Waals surface area contributed by atoms with Crippen molar-refractivity contribution in [1.29, 1.82) is 0 Å². The zero-order valence-corrected chi connectivity index (χ0v) is 31.0. The summed E-state index contributed by atoms with van der Waals surface area (Å²) in [5.41, 5.74) is 2.58. The smallest absolute Gasteiger partial charge is 0.264 e. The summed E-state index contributed by atoms with van der Waals surface area (Å²) in [6.45, 7) is 5.20. The zero-order chi connectivity index (χ0) is 36.0. The first-order valence-electron chi connectivity index (χ1n) is 18.0. The summed E-state index contributed by atoms with van der Waals surface area (Å²) >= 11 is 6.46. The van der Waals surface area contributed by atoms with E-state index in [9.17, 15) is 18.0 Å². The topological polar surface area (TPSA) is 115 Å². The zero-order valence-electron chi connectivity index (χ0n) is 29.4. The maximum Gasteiger partial charge on any atom is 0.264 e. The second kappa shape index (κ2) is 14.0. The monoisotopic (exact) mass is 731 g/mol. The summed E-state index contributed by atoms with van der Waals surface area (Å²) < 4.78 is 42.4. The second-order valence-corrected chi connectivity index (χ2v) is 17.5. The molecular formula is C40H46ClN3O6S. The molecule has 2 bridgehead atoms. The number of anilines is 1. The molecule has 0 radical (unpaired) electrons. The van der Waals surface area contributed by atoms with Crippen molar-refractivity contribution in [3.05, 3.63) is 100 Å². The van der Waals surface area contributed by atoms with Crippen LogP contribution in [-0.2, 0) is 26.6 Å². The largest absolute Gasteiger partial charge is 0.490 e. The number of sulfonamides is 1. The first-order chi connectivity index (χ1) is 24.4. The Kier molecular flexibility index (Phi) is 9.80. The quantitative estimate of drug-likeness (QED) is 0.227. The van der Waals surface area contributed by atoms with Crippen molar-refractivity contribution in [1.82, 2.24) is 9.71 Å². The summed E-state index contributed by atoms with van der Waals surface area (Å²) in [5.74, 6) is -0.284. The van der Waals surface area contributed by atoms with Crippen LogP contribution in [0.25, 0.3) is 0 Å². The SMILES string of the molecule is CO[C@@]1(CC(=O)c2ccccn2)/C=C/C[C@H](C)[C@@H](C)S(=O)(=O)NC(=O)c2ccc3c(c2)N(C[C@@H]2CC[C@H]21)C[C@@]1(CCCc2cc(Cl)ccc21)CO3. The summed E-state index contributed by atoms with van der Waals surface area (Å²) in [6.07, 6.45) is 10.8. The van der Waals surface area contributed by atoms with Crippen molar-refractivity contribution >= 4 is 39.0 Å². The number of ether oxygens (including phenoxy) is 2. The molecule has 0 unspecified atom stereocenters. The molecule has 1 fully saturated rings. The van der Waals surface area contributed by atoms with Crippen LogP contribution in [0.15, 0.2) is 72.9 Å². The van der Waals surface area contributed by atoms with E-state index in [1.165, 1.54) is 11.1 Å². The Bertz CT molecular complexity index is 1950. The minimum atomic E-state index is -4.02. The van der Waals surface area contributed by atoms with Gasteiger partial charge in [0.25, 0.3) is 5.91 Å². The Morgan fingerprint density at radius 3 is 2.73 bits per heavy atom. The Morgan fingerprint density at radius 1 is 1.14 bits per heavy atom. The number of aromatic nitrogens is 1. The lowest BCUT2D eigenvalue weighted by molar-refractivity contribution is -0.0742. The third-order valence-electron chi connectivity index (χ3n) is 12.0. The van der Waals surface area contributed by atoms with Crippen LogP contribution in [0.1, 0.15) is 84.3 Å². The first-order valence-corrected chi connectivity index (χ1v) is 19.9.